The monoisotopic (exact) mass is 431 g/mol. The summed E-state index contributed by atoms with van der Waals surface area (Å²) in [5.41, 5.74) is 9.06. The first kappa shape index (κ1) is 16.7. The number of aryl methyl sites for hydroxylation is 1. The van der Waals surface area contributed by atoms with Crippen LogP contribution in [0.1, 0.15) is 22.7 Å². The van der Waals surface area contributed by atoms with Crippen molar-refractivity contribution in [2.75, 3.05) is 6.26 Å². The predicted octanol–water partition coefficient (Wildman–Crippen LogP) is 3.97. The zero-order chi connectivity index (χ0) is 15.8. The Morgan fingerprint density at radius 3 is 2.38 bits per heavy atom. The van der Waals surface area contributed by atoms with Crippen molar-refractivity contribution in [1.82, 2.24) is 0 Å². The smallest absolute Gasteiger partial charge is 0.175 e. The molecule has 0 spiro atoms. The topological polar surface area (TPSA) is 60.2 Å². The fourth-order valence-corrected chi connectivity index (χ4v) is 3.76. The molecular formula is C15H15Br2NO2S. The van der Waals surface area contributed by atoms with Crippen molar-refractivity contribution in [3.8, 4) is 0 Å². The molecule has 0 saturated heterocycles. The molecule has 0 aliphatic heterocycles. The number of hydrogen-bond donors (Lipinski definition) is 1. The van der Waals surface area contributed by atoms with Gasteiger partial charge in [0.25, 0.3) is 0 Å². The second-order valence-corrected chi connectivity index (χ2v) is 8.67. The lowest BCUT2D eigenvalue weighted by molar-refractivity contribution is 0.601. The van der Waals surface area contributed by atoms with Crippen molar-refractivity contribution < 1.29 is 8.42 Å². The number of halogens is 2. The summed E-state index contributed by atoms with van der Waals surface area (Å²) < 4.78 is 25.2. The van der Waals surface area contributed by atoms with Gasteiger partial charge in [0.15, 0.2) is 9.84 Å². The van der Waals surface area contributed by atoms with Gasteiger partial charge in [0.2, 0.25) is 0 Å². The predicted molar refractivity (Wildman–Crippen MR) is 92.2 cm³/mol. The van der Waals surface area contributed by atoms with Crippen molar-refractivity contribution in [2.24, 2.45) is 5.73 Å². The van der Waals surface area contributed by atoms with E-state index in [0.29, 0.717) is 0 Å². The molecule has 2 rings (SSSR count). The Morgan fingerprint density at radius 1 is 1.10 bits per heavy atom. The van der Waals surface area contributed by atoms with E-state index in [-0.39, 0.29) is 4.90 Å². The summed E-state index contributed by atoms with van der Waals surface area (Å²) in [5.74, 6) is 0. The van der Waals surface area contributed by atoms with E-state index < -0.39 is 15.9 Å². The highest BCUT2D eigenvalue weighted by molar-refractivity contribution is 9.11. The molecule has 2 N–H and O–H groups in total. The Balaban J connectivity index is 2.50. The second-order valence-electron chi connectivity index (χ2n) is 4.95. The SMILES string of the molecule is Cc1cc(Br)c(C(N)c2cccc(S(C)(=O)=O)c2)cc1Br. The Morgan fingerprint density at radius 2 is 1.76 bits per heavy atom. The Kier molecular flexibility index (Phi) is 4.92. The van der Waals surface area contributed by atoms with Crippen LogP contribution in [-0.2, 0) is 9.84 Å². The third kappa shape index (κ3) is 3.74. The van der Waals surface area contributed by atoms with Crippen LogP contribution in [0.3, 0.4) is 0 Å². The molecule has 1 atom stereocenters. The van der Waals surface area contributed by atoms with Crippen molar-refractivity contribution in [2.45, 2.75) is 17.9 Å². The highest BCUT2D eigenvalue weighted by atomic mass is 79.9. The van der Waals surface area contributed by atoms with Crippen molar-refractivity contribution >= 4 is 41.7 Å². The van der Waals surface area contributed by atoms with Crippen molar-refractivity contribution in [1.29, 1.82) is 0 Å². The molecular weight excluding hydrogens is 418 g/mol. The van der Waals surface area contributed by atoms with Gasteiger partial charge in [-0.1, -0.05) is 44.0 Å². The van der Waals surface area contributed by atoms with E-state index in [9.17, 15) is 8.42 Å². The number of sulfone groups is 1. The lowest BCUT2D eigenvalue weighted by Crippen LogP contribution is -2.13. The van der Waals surface area contributed by atoms with Crippen LogP contribution in [0.5, 0.6) is 0 Å². The Bertz CT molecular complexity index is 788. The molecule has 0 aliphatic rings. The van der Waals surface area contributed by atoms with E-state index in [1.165, 1.54) is 6.26 Å². The van der Waals surface area contributed by atoms with Gasteiger partial charge in [-0.15, -0.1) is 0 Å². The maximum Gasteiger partial charge on any atom is 0.175 e. The average Bonchev–Trinajstić information content (AvgIpc) is 2.41. The summed E-state index contributed by atoms with van der Waals surface area (Å²) in [6.45, 7) is 1.99. The first-order valence-corrected chi connectivity index (χ1v) is 9.69. The summed E-state index contributed by atoms with van der Waals surface area (Å²) in [7, 11) is -3.24. The molecule has 1 unspecified atom stereocenters. The summed E-state index contributed by atoms with van der Waals surface area (Å²) in [4.78, 5) is 0.276. The first-order chi connectivity index (χ1) is 9.70. The molecule has 0 aromatic heterocycles. The highest BCUT2D eigenvalue weighted by Crippen LogP contribution is 2.32. The lowest BCUT2D eigenvalue weighted by atomic mass is 9.99. The summed E-state index contributed by atoms with van der Waals surface area (Å²) >= 11 is 7.01. The molecule has 0 radical (unpaired) electrons. The van der Waals surface area contributed by atoms with Gasteiger partial charge in [0, 0.05) is 15.2 Å². The van der Waals surface area contributed by atoms with Gasteiger partial charge >= 0.3 is 0 Å². The van der Waals surface area contributed by atoms with Crippen LogP contribution in [0.2, 0.25) is 0 Å². The molecule has 2 aromatic rings. The van der Waals surface area contributed by atoms with Gasteiger partial charge in [-0.3, -0.25) is 0 Å². The third-order valence-corrected chi connectivity index (χ3v) is 5.91. The highest BCUT2D eigenvalue weighted by Gasteiger charge is 2.16. The molecule has 0 bridgehead atoms. The zero-order valence-electron chi connectivity index (χ0n) is 11.6. The molecule has 0 aliphatic carbocycles. The van der Waals surface area contributed by atoms with E-state index in [4.69, 9.17) is 5.73 Å². The number of nitrogens with two attached hydrogens (primary N) is 1. The first-order valence-electron chi connectivity index (χ1n) is 6.21. The molecule has 21 heavy (non-hydrogen) atoms. The molecule has 0 saturated carbocycles. The number of hydrogen-bond acceptors (Lipinski definition) is 3. The van der Waals surface area contributed by atoms with Crippen molar-refractivity contribution in [3.05, 3.63) is 62.0 Å². The quantitative estimate of drug-likeness (QED) is 0.797. The maximum absolute atomic E-state index is 11.7. The van der Waals surface area contributed by atoms with Crippen LogP contribution >= 0.6 is 31.9 Å². The molecule has 0 heterocycles. The van der Waals surface area contributed by atoms with Crippen molar-refractivity contribution in [3.63, 3.8) is 0 Å². The van der Waals surface area contributed by atoms with E-state index in [2.05, 4.69) is 31.9 Å². The molecule has 6 heteroatoms. The van der Waals surface area contributed by atoms with Gasteiger partial charge in [-0.05, 0) is 47.9 Å². The van der Waals surface area contributed by atoms with Gasteiger partial charge in [-0.2, -0.15) is 0 Å². The average molecular weight is 433 g/mol. The molecule has 0 fully saturated rings. The minimum Gasteiger partial charge on any atom is -0.320 e. The zero-order valence-corrected chi connectivity index (χ0v) is 15.6. The fourth-order valence-electron chi connectivity index (χ4n) is 2.02. The Hall–Kier alpha value is -0.690. The molecule has 2 aromatic carbocycles. The third-order valence-electron chi connectivity index (χ3n) is 3.26. The molecule has 112 valence electrons. The van der Waals surface area contributed by atoms with E-state index in [0.717, 1.165) is 25.6 Å². The normalized spacial score (nSPS) is 13.2. The van der Waals surface area contributed by atoms with Crippen LogP contribution in [0, 0.1) is 6.92 Å². The van der Waals surface area contributed by atoms with Gasteiger partial charge in [-0.25, -0.2) is 8.42 Å². The van der Waals surface area contributed by atoms with Crippen LogP contribution < -0.4 is 5.73 Å². The van der Waals surface area contributed by atoms with Crippen LogP contribution in [0.4, 0.5) is 0 Å². The van der Waals surface area contributed by atoms with E-state index >= 15 is 0 Å². The minimum atomic E-state index is -3.24. The van der Waals surface area contributed by atoms with Crippen LogP contribution in [0.15, 0.2) is 50.2 Å². The standard InChI is InChI=1S/C15H15Br2NO2S/c1-9-6-14(17)12(8-13(9)16)15(18)10-4-3-5-11(7-10)21(2,19)20/h3-8,15H,18H2,1-2H3. The number of rotatable bonds is 3. The molecule has 3 nitrogen and oxygen atoms in total. The largest absolute Gasteiger partial charge is 0.320 e. The lowest BCUT2D eigenvalue weighted by Gasteiger charge is -2.16. The maximum atomic E-state index is 11.7. The summed E-state index contributed by atoms with van der Waals surface area (Å²) in [5, 5.41) is 0. The van der Waals surface area contributed by atoms with E-state index in [1.54, 1.807) is 18.2 Å². The summed E-state index contributed by atoms with van der Waals surface area (Å²) in [6, 6.07) is 10.3. The van der Waals surface area contributed by atoms with Gasteiger partial charge in [0.05, 0.1) is 10.9 Å². The fraction of sp³-hybridized carbons (Fsp3) is 0.200. The minimum absolute atomic E-state index is 0.276. The Labute approximate surface area is 141 Å². The molecule has 0 amide bonds. The van der Waals surface area contributed by atoms with Crippen LogP contribution in [-0.4, -0.2) is 14.7 Å². The van der Waals surface area contributed by atoms with Gasteiger partial charge < -0.3 is 5.73 Å². The number of benzene rings is 2. The van der Waals surface area contributed by atoms with Crippen LogP contribution in [0.25, 0.3) is 0 Å². The van der Waals surface area contributed by atoms with Gasteiger partial charge in [0.1, 0.15) is 0 Å². The second kappa shape index (κ2) is 6.20. The summed E-state index contributed by atoms with van der Waals surface area (Å²) in [6.07, 6.45) is 1.19. The van der Waals surface area contributed by atoms with E-state index in [1.807, 2.05) is 25.1 Å².